The van der Waals surface area contributed by atoms with E-state index in [4.69, 9.17) is 9.47 Å². The van der Waals surface area contributed by atoms with E-state index in [1.54, 1.807) is 0 Å². The molecule has 144 valence electrons. The summed E-state index contributed by atoms with van der Waals surface area (Å²) in [5.41, 5.74) is -5.59. The molecule has 0 aliphatic rings. The van der Waals surface area contributed by atoms with E-state index in [1.165, 1.54) is 6.92 Å². The molecule has 0 aliphatic carbocycles. The number of benzene rings is 2. The van der Waals surface area contributed by atoms with Gasteiger partial charge in [0.2, 0.25) is 0 Å². The summed E-state index contributed by atoms with van der Waals surface area (Å²) in [6.45, 7) is 1.37. The first-order valence-corrected chi connectivity index (χ1v) is 8.46. The Morgan fingerprint density at radius 2 is 1.67 bits per heavy atom. The van der Waals surface area contributed by atoms with E-state index in [2.05, 4.69) is 0 Å². The average molecular weight is 405 g/mol. The zero-order valence-electron chi connectivity index (χ0n) is 13.4. The van der Waals surface area contributed by atoms with Crippen LogP contribution in [0, 0.1) is 17.0 Å². The predicted molar refractivity (Wildman–Crippen MR) is 84.2 cm³/mol. The molecule has 12 heteroatoms. The number of nitro benzene ring substituents is 1. The highest BCUT2D eigenvalue weighted by atomic mass is 32.2. The minimum atomic E-state index is -5.62. The number of alkyl halides is 3. The van der Waals surface area contributed by atoms with Crippen molar-refractivity contribution in [2.45, 2.75) is 17.3 Å². The third-order valence-electron chi connectivity index (χ3n) is 3.22. The molecule has 0 unspecified atom stereocenters. The normalized spacial score (nSPS) is 11.7. The van der Waals surface area contributed by atoms with Crippen molar-refractivity contribution in [1.82, 2.24) is 0 Å². The van der Waals surface area contributed by atoms with Gasteiger partial charge in [-0.25, -0.2) is 13.2 Å². The van der Waals surface area contributed by atoms with E-state index in [0.29, 0.717) is 6.07 Å². The number of nitrogens with zero attached hydrogens (tertiary/aromatic N) is 1. The molecule has 2 rings (SSSR count). The van der Waals surface area contributed by atoms with Crippen LogP contribution in [0.4, 0.5) is 23.7 Å². The lowest BCUT2D eigenvalue weighted by atomic mass is 10.2. The molecule has 27 heavy (non-hydrogen) atoms. The van der Waals surface area contributed by atoms with E-state index in [-0.39, 0.29) is 17.0 Å². The summed E-state index contributed by atoms with van der Waals surface area (Å²) in [4.78, 5) is 20.5. The fraction of sp³-hybridized carbons (Fsp3) is 0.133. The van der Waals surface area contributed by atoms with Gasteiger partial charge in [0.15, 0.2) is 0 Å². The second-order valence-electron chi connectivity index (χ2n) is 5.08. The van der Waals surface area contributed by atoms with Crippen molar-refractivity contribution in [2.24, 2.45) is 0 Å². The van der Waals surface area contributed by atoms with E-state index < -0.39 is 37.1 Å². The van der Waals surface area contributed by atoms with Crippen LogP contribution in [0.15, 0.2) is 47.4 Å². The van der Waals surface area contributed by atoms with Crippen molar-refractivity contribution >= 4 is 21.7 Å². The lowest BCUT2D eigenvalue weighted by Gasteiger charge is -2.11. The lowest BCUT2D eigenvalue weighted by molar-refractivity contribution is -0.384. The van der Waals surface area contributed by atoms with Crippen molar-refractivity contribution in [3.8, 4) is 11.5 Å². The summed E-state index contributed by atoms with van der Waals surface area (Å²) < 4.78 is 70.2. The van der Waals surface area contributed by atoms with Crippen molar-refractivity contribution < 1.29 is 40.8 Å². The summed E-state index contributed by atoms with van der Waals surface area (Å²) in [7, 11) is -5.62. The van der Waals surface area contributed by atoms with Crippen LogP contribution in [-0.2, 0) is 9.84 Å². The Labute approximate surface area is 150 Å². The summed E-state index contributed by atoms with van der Waals surface area (Å²) >= 11 is 0. The molecule has 0 aliphatic heterocycles. The first kappa shape index (κ1) is 20.2. The van der Waals surface area contributed by atoms with Gasteiger partial charge in [-0.05, 0) is 30.7 Å². The number of nitro groups is 1. The van der Waals surface area contributed by atoms with Gasteiger partial charge in [0, 0.05) is 18.2 Å². The quantitative estimate of drug-likeness (QED) is 0.329. The monoisotopic (exact) mass is 405 g/mol. The number of carbonyl (C=O) groups is 1. The summed E-state index contributed by atoms with van der Waals surface area (Å²) in [5, 5.41) is 10.5. The number of hydrogen-bond donors (Lipinski definition) is 0. The lowest BCUT2D eigenvalue weighted by Crippen LogP contribution is -2.23. The summed E-state index contributed by atoms with van der Waals surface area (Å²) in [6.07, 6.45) is -1.37. The maximum atomic E-state index is 12.6. The molecule has 0 saturated heterocycles. The SMILES string of the molecule is Cc1ccc(S(=O)(=O)C(F)(F)F)cc1OC(=O)Oc1ccc([N+](=O)[O-])cc1. The number of hydrogen-bond acceptors (Lipinski definition) is 7. The number of carbonyl (C=O) groups excluding carboxylic acids is 1. The zero-order chi connectivity index (χ0) is 20.4. The van der Waals surface area contributed by atoms with Crippen LogP contribution in [0.25, 0.3) is 0 Å². The van der Waals surface area contributed by atoms with Crippen LogP contribution in [0.3, 0.4) is 0 Å². The number of sulfone groups is 1. The molecule has 0 bridgehead atoms. The highest BCUT2D eigenvalue weighted by molar-refractivity contribution is 7.92. The third kappa shape index (κ3) is 4.53. The Kier molecular flexibility index (Phi) is 5.40. The van der Waals surface area contributed by atoms with Crippen LogP contribution in [0.5, 0.6) is 11.5 Å². The molecule has 8 nitrogen and oxygen atoms in total. The van der Waals surface area contributed by atoms with Crippen LogP contribution in [-0.4, -0.2) is 25.0 Å². The number of rotatable bonds is 4. The molecule has 0 fully saturated rings. The summed E-state index contributed by atoms with van der Waals surface area (Å²) in [5.74, 6) is -0.574. The van der Waals surface area contributed by atoms with Crippen molar-refractivity contribution in [3.63, 3.8) is 0 Å². The Hall–Kier alpha value is -3.15. The molecule has 0 radical (unpaired) electrons. The van der Waals surface area contributed by atoms with Gasteiger partial charge < -0.3 is 9.47 Å². The molecule has 0 spiro atoms. The first-order valence-electron chi connectivity index (χ1n) is 6.98. The molecular formula is C15H10F3NO7S. The van der Waals surface area contributed by atoms with Crippen LogP contribution in [0.1, 0.15) is 5.56 Å². The van der Waals surface area contributed by atoms with Crippen molar-refractivity contribution in [1.29, 1.82) is 0 Å². The fourth-order valence-electron chi connectivity index (χ4n) is 1.83. The molecule has 0 heterocycles. The van der Waals surface area contributed by atoms with Gasteiger partial charge in [-0.3, -0.25) is 10.1 Å². The first-order chi connectivity index (χ1) is 12.4. The van der Waals surface area contributed by atoms with Crippen LogP contribution in [0.2, 0.25) is 0 Å². The third-order valence-corrected chi connectivity index (χ3v) is 4.70. The highest BCUT2D eigenvalue weighted by Gasteiger charge is 2.47. The molecule has 2 aromatic carbocycles. The van der Waals surface area contributed by atoms with Gasteiger partial charge >= 0.3 is 11.7 Å². The molecule has 0 N–H and O–H groups in total. The molecule has 0 aromatic heterocycles. The van der Waals surface area contributed by atoms with Gasteiger partial charge in [-0.15, -0.1) is 0 Å². The summed E-state index contributed by atoms with van der Waals surface area (Å²) in [6, 6.07) is 6.65. The molecule has 0 saturated carbocycles. The van der Waals surface area contributed by atoms with E-state index in [9.17, 15) is 36.5 Å². The van der Waals surface area contributed by atoms with Crippen LogP contribution < -0.4 is 9.47 Å². The maximum absolute atomic E-state index is 12.6. The van der Waals surface area contributed by atoms with Crippen molar-refractivity contribution in [2.75, 3.05) is 0 Å². The predicted octanol–water partition coefficient (Wildman–Crippen LogP) is 3.77. The van der Waals surface area contributed by atoms with E-state index >= 15 is 0 Å². The number of ether oxygens (including phenoxy) is 2. The Morgan fingerprint density at radius 3 is 2.19 bits per heavy atom. The molecule has 2 aromatic rings. The van der Waals surface area contributed by atoms with Gasteiger partial charge in [-0.2, -0.15) is 13.2 Å². The molecule has 0 amide bonds. The zero-order valence-corrected chi connectivity index (χ0v) is 14.2. The highest BCUT2D eigenvalue weighted by Crippen LogP contribution is 2.33. The standard InChI is InChI=1S/C15H10F3NO7S/c1-9-2-7-12(27(23,24)15(16,17)18)8-13(9)26-14(20)25-11-5-3-10(4-6-11)19(21)22/h2-8H,1H3. The average Bonchev–Trinajstić information content (AvgIpc) is 2.56. The Balaban J connectivity index is 2.20. The Morgan fingerprint density at radius 1 is 1.07 bits per heavy atom. The van der Waals surface area contributed by atoms with E-state index in [0.717, 1.165) is 36.4 Å². The second-order valence-corrected chi connectivity index (χ2v) is 7.02. The molecular weight excluding hydrogens is 395 g/mol. The van der Waals surface area contributed by atoms with Crippen LogP contribution >= 0.6 is 0 Å². The van der Waals surface area contributed by atoms with Gasteiger partial charge in [0.1, 0.15) is 11.5 Å². The number of halogens is 3. The van der Waals surface area contributed by atoms with Gasteiger partial charge in [-0.1, -0.05) is 6.07 Å². The minimum absolute atomic E-state index is 0.123. The van der Waals surface area contributed by atoms with Gasteiger partial charge in [0.25, 0.3) is 15.5 Å². The Bertz CT molecular complexity index is 985. The minimum Gasteiger partial charge on any atom is -0.395 e. The van der Waals surface area contributed by atoms with Gasteiger partial charge in [0.05, 0.1) is 9.82 Å². The maximum Gasteiger partial charge on any atom is 0.519 e. The molecule has 0 atom stereocenters. The topological polar surface area (TPSA) is 113 Å². The number of non-ortho nitro benzene ring substituents is 1. The number of aryl methyl sites for hydroxylation is 1. The second kappa shape index (κ2) is 7.23. The largest absolute Gasteiger partial charge is 0.519 e. The fourth-order valence-corrected chi connectivity index (χ4v) is 2.61. The smallest absolute Gasteiger partial charge is 0.395 e. The van der Waals surface area contributed by atoms with Crippen molar-refractivity contribution in [3.05, 3.63) is 58.1 Å². The van der Waals surface area contributed by atoms with E-state index in [1.807, 2.05) is 0 Å².